The first-order valence-electron chi connectivity index (χ1n) is 9.03. The van der Waals surface area contributed by atoms with Crippen molar-refractivity contribution in [2.45, 2.75) is 38.8 Å². The summed E-state index contributed by atoms with van der Waals surface area (Å²) >= 11 is 0. The van der Waals surface area contributed by atoms with Crippen molar-refractivity contribution in [1.82, 2.24) is 0 Å². The first-order chi connectivity index (χ1) is 13.2. The van der Waals surface area contributed by atoms with Crippen LogP contribution in [0, 0.1) is 0 Å². The van der Waals surface area contributed by atoms with E-state index in [9.17, 15) is 9.59 Å². The Labute approximate surface area is 166 Å². The number of hydrogen-bond acceptors (Lipinski definition) is 5. The number of methoxy groups -OCH3 is 2. The minimum atomic E-state index is -0.686. The molecule has 6 heteroatoms. The molecule has 0 aromatic heterocycles. The van der Waals surface area contributed by atoms with Gasteiger partial charge in [-0.15, -0.1) is 0 Å². The number of benzene rings is 2. The second-order valence-corrected chi connectivity index (χ2v) is 7.26. The number of carbonyl (C=O) groups is 2. The average Bonchev–Trinajstić information content (AvgIpc) is 2.67. The lowest BCUT2D eigenvalue weighted by Gasteiger charge is -2.33. The minimum Gasteiger partial charge on any atom is -0.497 e. The molecule has 2 aromatic carbocycles. The van der Waals surface area contributed by atoms with Crippen LogP contribution in [0.15, 0.2) is 54.6 Å². The van der Waals surface area contributed by atoms with Gasteiger partial charge in [0.1, 0.15) is 11.4 Å². The Bertz CT molecular complexity index is 781. The quantitative estimate of drug-likeness (QED) is 0.672. The highest BCUT2D eigenvalue weighted by Gasteiger charge is 2.32. The molecule has 6 nitrogen and oxygen atoms in total. The maximum absolute atomic E-state index is 13.1. The van der Waals surface area contributed by atoms with E-state index < -0.39 is 23.7 Å². The van der Waals surface area contributed by atoms with Gasteiger partial charge in [0.15, 0.2) is 0 Å². The fourth-order valence-electron chi connectivity index (χ4n) is 2.74. The Morgan fingerprint density at radius 1 is 0.964 bits per heavy atom. The smallest absolute Gasteiger partial charge is 0.415 e. The largest absolute Gasteiger partial charge is 0.497 e. The molecule has 0 aliphatic carbocycles. The zero-order valence-electron chi connectivity index (χ0n) is 17.0. The molecule has 1 amide bonds. The monoisotopic (exact) mass is 385 g/mol. The highest BCUT2D eigenvalue weighted by atomic mass is 16.6. The van der Waals surface area contributed by atoms with Gasteiger partial charge in [-0.2, -0.15) is 0 Å². The molecule has 0 aliphatic rings. The lowest BCUT2D eigenvalue weighted by Crippen LogP contribution is -2.40. The van der Waals surface area contributed by atoms with Crippen LogP contribution in [0.5, 0.6) is 5.75 Å². The molecule has 0 radical (unpaired) electrons. The van der Waals surface area contributed by atoms with Gasteiger partial charge in [-0.3, -0.25) is 9.69 Å². The summed E-state index contributed by atoms with van der Waals surface area (Å²) in [6.45, 7) is 5.40. The minimum absolute atomic E-state index is 0.00815. The molecule has 28 heavy (non-hydrogen) atoms. The number of ether oxygens (including phenoxy) is 3. The highest BCUT2D eigenvalue weighted by molar-refractivity contribution is 5.90. The zero-order chi connectivity index (χ0) is 20.7. The Balaban J connectivity index is 2.53. The van der Waals surface area contributed by atoms with Crippen LogP contribution in [0.3, 0.4) is 0 Å². The van der Waals surface area contributed by atoms with Crippen molar-refractivity contribution in [2.75, 3.05) is 19.1 Å². The van der Waals surface area contributed by atoms with Crippen molar-refractivity contribution in [3.63, 3.8) is 0 Å². The molecule has 0 saturated carbocycles. The van der Waals surface area contributed by atoms with Gasteiger partial charge in [-0.05, 0) is 50.6 Å². The molecule has 0 unspecified atom stereocenters. The first kappa shape index (κ1) is 21.3. The molecule has 1 atom stereocenters. The molecule has 0 aliphatic heterocycles. The SMILES string of the molecule is COC(=O)C[C@@H](c1ccccc1)N(C(=O)OC(C)(C)C)c1ccc(OC)cc1. The number of esters is 1. The van der Waals surface area contributed by atoms with E-state index in [0.717, 1.165) is 5.56 Å². The van der Waals surface area contributed by atoms with Crippen LogP contribution < -0.4 is 9.64 Å². The second kappa shape index (κ2) is 9.26. The van der Waals surface area contributed by atoms with E-state index in [1.807, 2.05) is 30.3 Å². The summed E-state index contributed by atoms with van der Waals surface area (Å²) in [5.41, 5.74) is 0.705. The number of amides is 1. The Hall–Kier alpha value is -3.02. The second-order valence-electron chi connectivity index (χ2n) is 7.26. The van der Waals surface area contributed by atoms with Gasteiger partial charge in [0.25, 0.3) is 0 Å². The zero-order valence-corrected chi connectivity index (χ0v) is 17.0. The predicted octanol–water partition coefficient (Wildman–Crippen LogP) is 4.74. The van der Waals surface area contributed by atoms with Crippen molar-refractivity contribution in [3.05, 3.63) is 60.2 Å². The lowest BCUT2D eigenvalue weighted by molar-refractivity contribution is -0.141. The first-order valence-corrected chi connectivity index (χ1v) is 9.03. The third kappa shape index (κ3) is 5.74. The maximum atomic E-state index is 13.1. The fourth-order valence-corrected chi connectivity index (χ4v) is 2.74. The van der Waals surface area contributed by atoms with E-state index in [1.165, 1.54) is 12.0 Å². The van der Waals surface area contributed by atoms with Crippen molar-refractivity contribution in [2.24, 2.45) is 0 Å². The summed E-state index contributed by atoms with van der Waals surface area (Å²) in [4.78, 5) is 26.7. The molecule has 0 fully saturated rings. The molecule has 2 rings (SSSR count). The predicted molar refractivity (Wildman–Crippen MR) is 108 cm³/mol. The third-order valence-electron chi connectivity index (χ3n) is 4.02. The van der Waals surface area contributed by atoms with Gasteiger partial charge < -0.3 is 14.2 Å². The van der Waals surface area contributed by atoms with E-state index in [0.29, 0.717) is 11.4 Å². The summed E-state index contributed by atoms with van der Waals surface area (Å²) in [6.07, 6.45) is -0.554. The van der Waals surface area contributed by atoms with Crippen LogP contribution in [-0.2, 0) is 14.3 Å². The Kier molecular flexibility index (Phi) is 7.04. The highest BCUT2D eigenvalue weighted by Crippen LogP contribution is 2.33. The molecule has 0 spiro atoms. The van der Waals surface area contributed by atoms with Crippen LogP contribution in [0.4, 0.5) is 10.5 Å². The van der Waals surface area contributed by atoms with Crippen molar-refractivity contribution < 1.29 is 23.8 Å². The maximum Gasteiger partial charge on any atom is 0.415 e. The van der Waals surface area contributed by atoms with Crippen molar-refractivity contribution >= 4 is 17.7 Å². The van der Waals surface area contributed by atoms with Crippen LogP contribution >= 0.6 is 0 Å². The van der Waals surface area contributed by atoms with E-state index in [-0.39, 0.29) is 6.42 Å². The van der Waals surface area contributed by atoms with Crippen LogP contribution in [-0.4, -0.2) is 31.9 Å². The van der Waals surface area contributed by atoms with E-state index >= 15 is 0 Å². The molecule has 0 saturated heterocycles. The third-order valence-corrected chi connectivity index (χ3v) is 4.02. The standard InChI is InChI=1S/C22H27NO5/c1-22(2,3)28-21(25)23(17-11-13-18(26-4)14-12-17)19(15-20(24)27-5)16-9-7-6-8-10-16/h6-14,19H,15H2,1-5H3/t19-/m0/s1. The lowest BCUT2D eigenvalue weighted by atomic mass is 10.0. The van der Waals surface area contributed by atoms with Crippen LogP contribution in [0.25, 0.3) is 0 Å². The Morgan fingerprint density at radius 2 is 1.57 bits per heavy atom. The van der Waals surface area contributed by atoms with E-state index in [4.69, 9.17) is 14.2 Å². The molecule has 2 aromatic rings. The molecule has 0 N–H and O–H groups in total. The number of anilines is 1. The normalized spacial score (nSPS) is 12.0. The molecule has 0 bridgehead atoms. The summed E-state index contributed by atoms with van der Waals surface area (Å²) in [5, 5.41) is 0. The summed E-state index contributed by atoms with van der Waals surface area (Å²) in [5.74, 6) is 0.244. The molecule has 150 valence electrons. The van der Waals surface area contributed by atoms with Gasteiger partial charge in [0.2, 0.25) is 0 Å². The van der Waals surface area contributed by atoms with Gasteiger partial charge >= 0.3 is 12.1 Å². The summed E-state index contributed by atoms with van der Waals surface area (Å²) < 4.78 is 15.7. The van der Waals surface area contributed by atoms with Gasteiger partial charge in [0, 0.05) is 5.69 Å². The topological polar surface area (TPSA) is 65.1 Å². The number of hydrogen-bond donors (Lipinski definition) is 0. The summed E-state index contributed by atoms with van der Waals surface area (Å²) in [6, 6.07) is 15.8. The van der Waals surface area contributed by atoms with E-state index in [1.54, 1.807) is 52.1 Å². The van der Waals surface area contributed by atoms with Gasteiger partial charge in [0.05, 0.1) is 26.7 Å². The summed E-state index contributed by atoms with van der Waals surface area (Å²) in [7, 11) is 2.90. The number of carbonyl (C=O) groups excluding carboxylic acids is 2. The molecular formula is C22H27NO5. The van der Waals surface area contributed by atoms with Crippen LogP contribution in [0.1, 0.15) is 38.8 Å². The number of nitrogens with zero attached hydrogens (tertiary/aromatic N) is 1. The van der Waals surface area contributed by atoms with E-state index in [2.05, 4.69) is 0 Å². The molecular weight excluding hydrogens is 358 g/mol. The van der Waals surface area contributed by atoms with Crippen molar-refractivity contribution in [1.29, 1.82) is 0 Å². The fraction of sp³-hybridized carbons (Fsp3) is 0.364. The van der Waals surface area contributed by atoms with Gasteiger partial charge in [-0.1, -0.05) is 30.3 Å². The number of rotatable bonds is 6. The molecule has 0 heterocycles. The van der Waals surface area contributed by atoms with Gasteiger partial charge in [-0.25, -0.2) is 4.79 Å². The van der Waals surface area contributed by atoms with Crippen molar-refractivity contribution in [3.8, 4) is 5.75 Å². The average molecular weight is 385 g/mol. The Morgan fingerprint density at radius 3 is 2.07 bits per heavy atom. The van der Waals surface area contributed by atoms with Crippen LogP contribution in [0.2, 0.25) is 0 Å².